The number of nitrogens with one attached hydrogen (secondary N) is 2. The molecular formula is C21H30N6OS. The standard InChI is InChI=1S/C21H30N6OS/c1-15-7-3-4-12-27(15)19-13-18(26-10-5-6-11-26)23-20(24-19)25-21(29)22-14-17-9-8-16(2)28-17/h8-9,13,15H,3-7,10-12,14H2,1-2H3,(H2,22,23,24,25,29)/t15-/m0/s1. The van der Waals surface area contributed by atoms with Gasteiger partial charge in [-0.1, -0.05) is 0 Å². The average molecular weight is 415 g/mol. The zero-order valence-electron chi connectivity index (χ0n) is 17.3. The van der Waals surface area contributed by atoms with Crippen LogP contribution in [0, 0.1) is 6.92 Å². The molecule has 4 heterocycles. The third kappa shape index (κ3) is 4.98. The molecule has 0 aliphatic carbocycles. The number of anilines is 3. The molecule has 0 spiro atoms. The molecule has 0 saturated carbocycles. The molecule has 2 N–H and O–H groups in total. The maximum atomic E-state index is 5.59. The fourth-order valence-electron chi connectivity index (χ4n) is 4.07. The van der Waals surface area contributed by atoms with Gasteiger partial charge in [-0.05, 0) is 70.3 Å². The molecule has 0 bridgehead atoms. The van der Waals surface area contributed by atoms with Crippen LogP contribution in [0.15, 0.2) is 22.6 Å². The first-order chi connectivity index (χ1) is 14.1. The van der Waals surface area contributed by atoms with Gasteiger partial charge in [0.1, 0.15) is 23.2 Å². The molecule has 2 saturated heterocycles. The number of nitrogens with zero attached hydrogens (tertiary/aromatic N) is 4. The minimum atomic E-state index is 0.491. The Hall–Kier alpha value is -2.35. The highest BCUT2D eigenvalue weighted by Crippen LogP contribution is 2.28. The molecule has 8 heteroatoms. The molecule has 2 aliphatic rings. The van der Waals surface area contributed by atoms with Crippen LogP contribution in [-0.4, -0.2) is 40.8 Å². The van der Waals surface area contributed by atoms with Crippen molar-refractivity contribution in [2.45, 2.75) is 58.5 Å². The van der Waals surface area contributed by atoms with Crippen molar-refractivity contribution in [3.05, 3.63) is 29.7 Å². The van der Waals surface area contributed by atoms with E-state index in [1.807, 2.05) is 19.1 Å². The van der Waals surface area contributed by atoms with Gasteiger partial charge in [0.05, 0.1) is 6.54 Å². The minimum Gasteiger partial charge on any atom is -0.465 e. The van der Waals surface area contributed by atoms with Crippen LogP contribution < -0.4 is 20.4 Å². The molecule has 156 valence electrons. The summed E-state index contributed by atoms with van der Waals surface area (Å²) in [5.74, 6) is 4.26. The Labute approximate surface area is 177 Å². The lowest BCUT2D eigenvalue weighted by atomic mass is 10.0. The predicted octanol–water partition coefficient (Wildman–Crippen LogP) is 3.84. The van der Waals surface area contributed by atoms with Gasteiger partial charge in [0.15, 0.2) is 5.11 Å². The molecule has 2 aliphatic heterocycles. The molecule has 4 rings (SSSR count). The van der Waals surface area contributed by atoms with Gasteiger partial charge in [0, 0.05) is 31.7 Å². The molecule has 7 nitrogen and oxygen atoms in total. The summed E-state index contributed by atoms with van der Waals surface area (Å²) in [5.41, 5.74) is 0. The molecule has 2 aromatic heterocycles. The van der Waals surface area contributed by atoms with E-state index in [1.165, 1.54) is 32.1 Å². The lowest BCUT2D eigenvalue weighted by molar-refractivity contribution is 0.478. The molecule has 29 heavy (non-hydrogen) atoms. The summed E-state index contributed by atoms with van der Waals surface area (Å²) in [4.78, 5) is 14.3. The van der Waals surface area contributed by atoms with Crippen molar-refractivity contribution in [2.24, 2.45) is 0 Å². The Balaban J connectivity index is 1.50. The van der Waals surface area contributed by atoms with Gasteiger partial charge >= 0.3 is 0 Å². The van der Waals surface area contributed by atoms with Crippen LogP contribution in [0.5, 0.6) is 0 Å². The van der Waals surface area contributed by atoms with Crippen LogP contribution in [0.3, 0.4) is 0 Å². The number of hydrogen-bond acceptors (Lipinski definition) is 6. The molecule has 1 atom stereocenters. The van der Waals surface area contributed by atoms with E-state index in [9.17, 15) is 0 Å². The van der Waals surface area contributed by atoms with Crippen LogP contribution in [-0.2, 0) is 6.54 Å². The normalized spacial score (nSPS) is 19.4. The third-order valence-corrected chi connectivity index (χ3v) is 5.92. The highest BCUT2D eigenvalue weighted by atomic mass is 32.1. The number of aryl methyl sites for hydroxylation is 1. The number of furan rings is 1. The van der Waals surface area contributed by atoms with Crippen LogP contribution >= 0.6 is 12.2 Å². The number of piperidine rings is 1. The van der Waals surface area contributed by atoms with Gasteiger partial charge in [0.25, 0.3) is 0 Å². The van der Waals surface area contributed by atoms with E-state index in [4.69, 9.17) is 26.6 Å². The van der Waals surface area contributed by atoms with E-state index >= 15 is 0 Å². The van der Waals surface area contributed by atoms with Crippen molar-refractivity contribution < 1.29 is 4.42 Å². The van der Waals surface area contributed by atoms with E-state index in [1.54, 1.807) is 0 Å². The Bertz CT molecular complexity index is 847. The maximum absolute atomic E-state index is 5.59. The van der Waals surface area contributed by atoms with Gasteiger partial charge in [-0.15, -0.1) is 0 Å². The second-order valence-corrected chi connectivity index (χ2v) is 8.37. The molecule has 0 radical (unpaired) electrons. The fraction of sp³-hybridized carbons (Fsp3) is 0.571. The number of thiocarbonyl (C=S) groups is 1. The van der Waals surface area contributed by atoms with Crippen LogP contribution in [0.1, 0.15) is 50.5 Å². The summed E-state index contributed by atoms with van der Waals surface area (Å²) >= 11 is 5.47. The monoisotopic (exact) mass is 414 g/mol. The lowest BCUT2D eigenvalue weighted by Gasteiger charge is -2.35. The van der Waals surface area contributed by atoms with Crippen molar-refractivity contribution in [1.82, 2.24) is 15.3 Å². The lowest BCUT2D eigenvalue weighted by Crippen LogP contribution is -2.38. The quantitative estimate of drug-likeness (QED) is 0.715. The minimum absolute atomic E-state index is 0.491. The smallest absolute Gasteiger partial charge is 0.232 e. The zero-order valence-corrected chi connectivity index (χ0v) is 18.1. The molecule has 0 amide bonds. The van der Waals surface area contributed by atoms with E-state index in [0.717, 1.165) is 42.8 Å². The molecule has 2 aromatic rings. The number of hydrogen-bond donors (Lipinski definition) is 2. The molecule has 2 fully saturated rings. The summed E-state index contributed by atoms with van der Waals surface area (Å²) in [7, 11) is 0. The molecular weight excluding hydrogens is 384 g/mol. The van der Waals surface area contributed by atoms with Gasteiger partial charge < -0.3 is 24.9 Å². The van der Waals surface area contributed by atoms with Gasteiger partial charge in [-0.25, -0.2) is 0 Å². The van der Waals surface area contributed by atoms with Crippen molar-refractivity contribution in [3.8, 4) is 0 Å². The second kappa shape index (κ2) is 8.98. The second-order valence-electron chi connectivity index (χ2n) is 7.96. The summed E-state index contributed by atoms with van der Waals surface area (Å²) in [6.07, 6.45) is 6.12. The van der Waals surface area contributed by atoms with Crippen LogP contribution in [0.4, 0.5) is 17.6 Å². The van der Waals surface area contributed by atoms with Gasteiger partial charge in [-0.3, -0.25) is 0 Å². The third-order valence-electron chi connectivity index (χ3n) is 5.67. The summed E-state index contributed by atoms with van der Waals surface area (Å²) in [6, 6.07) is 6.53. The van der Waals surface area contributed by atoms with Crippen LogP contribution in [0.25, 0.3) is 0 Å². The summed E-state index contributed by atoms with van der Waals surface area (Å²) < 4.78 is 5.59. The van der Waals surface area contributed by atoms with E-state index in [-0.39, 0.29) is 0 Å². The Morgan fingerprint density at radius 2 is 1.90 bits per heavy atom. The average Bonchev–Trinajstić information content (AvgIpc) is 3.38. The highest BCUT2D eigenvalue weighted by molar-refractivity contribution is 7.80. The van der Waals surface area contributed by atoms with E-state index in [0.29, 0.717) is 23.6 Å². The summed E-state index contributed by atoms with van der Waals surface area (Å²) in [6.45, 7) is 7.87. The first-order valence-corrected chi connectivity index (χ1v) is 11.0. The van der Waals surface area contributed by atoms with Gasteiger partial charge in [0.2, 0.25) is 5.95 Å². The topological polar surface area (TPSA) is 69.5 Å². The Morgan fingerprint density at radius 3 is 2.62 bits per heavy atom. The summed E-state index contributed by atoms with van der Waals surface area (Å²) in [5, 5.41) is 6.85. The van der Waals surface area contributed by atoms with Crippen molar-refractivity contribution in [1.29, 1.82) is 0 Å². The van der Waals surface area contributed by atoms with Crippen LogP contribution in [0.2, 0.25) is 0 Å². The molecule has 0 aromatic carbocycles. The SMILES string of the molecule is Cc1ccc(CNC(=S)Nc2nc(N3CCCC3)cc(N3CCCC[C@@H]3C)n2)o1. The maximum Gasteiger partial charge on any atom is 0.232 e. The van der Waals surface area contributed by atoms with E-state index < -0.39 is 0 Å². The van der Waals surface area contributed by atoms with Crippen molar-refractivity contribution in [3.63, 3.8) is 0 Å². The first-order valence-electron chi connectivity index (χ1n) is 10.6. The van der Waals surface area contributed by atoms with Crippen molar-refractivity contribution in [2.75, 3.05) is 34.8 Å². The predicted molar refractivity (Wildman–Crippen MR) is 121 cm³/mol. The Kier molecular flexibility index (Phi) is 6.18. The Morgan fingerprint density at radius 1 is 1.14 bits per heavy atom. The highest BCUT2D eigenvalue weighted by Gasteiger charge is 2.23. The van der Waals surface area contributed by atoms with Gasteiger partial charge in [-0.2, -0.15) is 9.97 Å². The van der Waals surface area contributed by atoms with Crippen molar-refractivity contribution >= 4 is 34.9 Å². The zero-order chi connectivity index (χ0) is 20.2. The first kappa shape index (κ1) is 19.9. The fourth-order valence-corrected chi connectivity index (χ4v) is 4.23. The van der Waals surface area contributed by atoms with E-state index in [2.05, 4.69) is 33.4 Å². The molecule has 0 unspecified atom stereocenters. The largest absolute Gasteiger partial charge is 0.465 e. The number of rotatable bonds is 5. The number of aromatic nitrogens is 2.